The molecule has 0 N–H and O–H groups in total. The summed E-state index contributed by atoms with van der Waals surface area (Å²) < 4.78 is 12.4. The van der Waals surface area contributed by atoms with Crippen molar-refractivity contribution in [1.29, 1.82) is 0 Å². The molecule has 1 heterocycles. The van der Waals surface area contributed by atoms with E-state index in [1.54, 1.807) is 22.6 Å². The molecule has 0 amide bonds. The fourth-order valence-electron chi connectivity index (χ4n) is 0.304. The van der Waals surface area contributed by atoms with Crippen molar-refractivity contribution in [3.05, 3.63) is 22.0 Å². The summed E-state index contributed by atoms with van der Waals surface area (Å²) >= 11 is 1.78. The summed E-state index contributed by atoms with van der Waals surface area (Å²) in [5.74, 6) is -0.506. The van der Waals surface area contributed by atoms with Gasteiger partial charge in [-0.25, -0.2) is 9.97 Å². The van der Waals surface area contributed by atoms with E-state index in [0.29, 0.717) is 3.70 Å². The quantitative estimate of drug-likeness (QED) is 0.619. The average Bonchev–Trinajstić information content (AvgIpc) is 1.77. The Balaban J connectivity index is 3.13. The minimum Gasteiger partial charge on any atom is -0.244 e. The maximum absolute atomic E-state index is 12.1. The summed E-state index contributed by atoms with van der Waals surface area (Å²) in [4.78, 5) is 6.97. The third-order valence-electron chi connectivity index (χ3n) is 0.613. The van der Waals surface area contributed by atoms with E-state index in [0.717, 1.165) is 0 Å². The number of hydrogen-bond donors (Lipinski definition) is 0. The van der Waals surface area contributed by atoms with Crippen LogP contribution in [0.1, 0.15) is 0 Å². The molecule has 0 spiro atoms. The van der Waals surface area contributed by atoms with Crippen LogP contribution in [-0.4, -0.2) is 9.97 Å². The van der Waals surface area contributed by atoms with Gasteiger partial charge >= 0.3 is 0 Å². The van der Waals surface area contributed by atoms with Crippen molar-refractivity contribution < 1.29 is 4.39 Å². The molecular formula is C4H2FIN2. The minimum atomic E-state index is -0.506. The van der Waals surface area contributed by atoms with Crippen LogP contribution in [0.5, 0.6) is 0 Å². The zero-order chi connectivity index (χ0) is 5.98. The first kappa shape index (κ1) is 5.87. The SMILES string of the molecule is Fc1nccnc1I. The Hall–Kier alpha value is -0.260. The number of rotatable bonds is 0. The van der Waals surface area contributed by atoms with Crippen LogP contribution in [0.3, 0.4) is 0 Å². The summed E-state index contributed by atoms with van der Waals surface area (Å²) in [5, 5.41) is 0. The fourth-order valence-corrected chi connectivity index (χ4v) is 0.604. The van der Waals surface area contributed by atoms with Crippen LogP contribution in [0.2, 0.25) is 0 Å². The van der Waals surface area contributed by atoms with Gasteiger partial charge in [-0.3, -0.25) is 0 Å². The van der Waals surface area contributed by atoms with Crippen LogP contribution in [-0.2, 0) is 0 Å². The molecule has 0 aromatic carbocycles. The smallest absolute Gasteiger partial charge is 0.244 e. The third kappa shape index (κ3) is 1.12. The first-order valence-corrected chi connectivity index (χ1v) is 3.00. The van der Waals surface area contributed by atoms with Gasteiger partial charge in [0.2, 0.25) is 5.95 Å². The van der Waals surface area contributed by atoms with Crippen LogP contribution in [0, 0.1) is 9.65 Å². The molecule has 4 heteroatoms. The molecule has 0 aliphatic carbocycles. The molecule has 0 fully saturated rings. The highest BCUT2D eigenvalue weighted by Crippen LogP contribution is 2.00. The van der Waals surface area contributed by atoms with Gasteiger partial charge in [-0.05, 0) is 22.6 Å². The maximum atomic E-state index is 12.1. The van der Waals surface area contributed by atoms with E-state index < -0.39 is 5.95 Å². The van der Waals surface area contributed by atoms with Crippen LogP contribution in [0.15, 0.2) is 12.4 Å². The van der Waals surface area contributed by atoms with Gasteiger partial charge in [-0.15, -0.1) is 0 Å². The summed E-state index contributed by atoms with van der Waals surface area (Å²) in [6.07, 6.45) is 2.77. The molecule has 1 aromatic heterocycles. The Labute approximate surface area is 59.3 Å². The van der Waals surface area contributed by atoms with Crippen molar-refractivity contribution in [2.75, 3.05) is 0 Å². The van der Waals surface area contributed by atoms with E-state index in [2.05, 4.69) is 9.97 Å². The molecule has 0 bridgehead atoms. The molecule has 0 saturated carbocycles. The Morgan fingerprint density at radius 2 is 2.00 bits per heavy atom. The lowest BCUT2D eigenvalue weighted by atomic mass is 10.8. The summed E-state index contributed by atoms with van der Waals surface area (Å²) in [6.45, 7) is 0. The molecule has 0 aliphatic rings. The van der Waals surface area contributed by atoms with Gasteiger partial charge in [-0.1, -0.05) is 0 Å². The first-order chi connectivity index (χ1) is 3.80. The second-order valence-corrected chi connectivity index (χ2v) is 2.16. The molecule has 0 radical (unpaired) electrons. The van der Waals surface area contributed by atoms with E-state index >= 15 is 0 Å². The molecule has 1 rings (SSSR count). The highest BCUT2D eigenvalue weighted by molar-refractivity contribution is 14.1. The average molecular weight is 224 g/mol. The lowest BCUT2D eigenvalue weighted by molar-refractivity contribution is 0.567. The summed E-state index contributed by atoms with van der Waals surface area (Å²) in [7, 11) is 0. The van der Waals surface area contributed by atoms with Gasteiger partial charge in [0.1, 0.15) is 0 Å². The van der Waals surface area contributed by atoms with E-state index in [4.69, 9.17) is 0 Å². The fraction of sp³-hybridized carbons (Fsp3) is 0. The number of nitrogens with zero attached hydrogens (tertiary/aromatic N) is 2. The van der Waals surface area contributed by atoms with Gasteiger partial charge in [0, 0.05) is 12.4 Å². The zero-order valence-electron chi connectivity index (χ0n) is 3.81. The van der Waals surface area contributed by atoms with Gasteiger partial charge in [0.25, 0.3) is 0 Å². The van der Waals surface area contributed by atoms with Gasteiger partial charge in [-0.2, -0.15) is 4.39 Å². The third-order valence-corrected chi connectivity index (χ3v) is 1.34. The zero-order valence-corrected chi connectivity index (χ0v) is 5.96. The second kappa shape index (κ2) is 2.34. The van der Waals surface area contributed by atoms with E-state index in [-0.39, 0.29) is 0 Å². The summed E-state index contributed by atoms with van der Waals surface area (Å²) in [6, 6.07) is 0. The molecule has 0 aliphatic heterocycles. The van der Waals surface area contributed by atoms with Gasteiger partial charge < -0.3 is 0 Å². The Morgan fingerprint density at radius 1 is 1.38 bits per heavy atom. The second-order valence-electron chi connectivity index (χ2n) is 1.14. The lowest BCUT2D eigenvalue weighted by Crippen LogP contribution is -1.88. The van der Waals surface area contributed by atoms with Crippen molar-refractivity contribution in [3.8, 4) is 0 Å². The Bertz CT molecular complexity index is 170. The highest BCUT2D eigenvalue weighted by Gasteiger charge is 1.94. The predicted molar refractivity (Wildman–Crippen MR) is 34.7 cm³/mol. The van der Waals surface area contributed by atoms with Crippen LogP contribution < -0.4 is 0 Å². The molecule has 2 nitrogen and oxygen atoms in total. The van der Waals surface area contributed by atoms with Crippen LogP contribution in [0.4, 0.5) is 4.39 Å². The Kier molecular flexibility index (Phi) is 1.72. The van der Waals surface area contributed by atoms with Crippen LogP contribution >= 0.6 is 22.6 Å². The minimum absolute atomic E-state index is 0.310. The summed E-state index contributed by atoms with van der Waals surface area (Å²) in [5.41, 5.74) is 0. The van der Waals surface area contributed by atoms with E-state index in [9.17, 15) is 4.39 Å². The molecule has 1 aromatic rings. The lowest BCUT2D eigenvalue weighted by Gasteiger charge is -1.85. The van der Waals surface area contributed by atoms with Gasteiger partial charge in [0.15, 0.2) is 3.70 Å². The van der Waals surface area contributed by atoms with Crippen molar-refractivity contribution >= 4 is 22.6 Å². The largest absolute Gasteiger partial charge is 0.245 e. The maximum Gasteiger partial charge on any atom is 0.245 e. The number of aromatic nitrogens is 2. The molecule has 42 valence electrons. The standard InChI is InChI=1S/C4H2FIN2/c5-3-4(6)8-2-1-7-3/h1-2H. The molecule has 8 heavy (non-hydrogen) atoms. The van der Waals surface area contributed by atoms with Crippen LogP contribution in [0.25, 0.3) is 0 Å². The van der Waals surface area contributed by atoms with E-state index in [1.807, 2.05) is 0 Å². The molecule has 0 unspecified atom stereocenters. The predicted octanol–water partition coefficient (Wildman–Crippen LogP) is 1.22. The number of halogens is 2. The molecular weight excluding hydrogens is 222 g/mol. The number of hydrogen-bond acceptors (Lipinski definition) is 2. The van der Waals surface area contributed by atoms with E-state index in [1.165, 1.54) is 12.4 Å². The normalized spacial score (nSPS) is 9.25. The van der Waals surface area contributed by atoms with Gasteiger partial charge in [0.05, 0.1) is 0 Å². The molecule has 0 atom stereocenters. The first-order valence-electron chi connectivity index (χ1n) is 1.92. The van der Waals surface area contributed by atoms with Crippen molar-refractivity contribution in [3.63, 3.8) is 0 Å². The highest BCUT2D eigenvalue weighted by atomic mass is 127. The van der Waals surface area contributed by atoms with Crippen molar-refractivity contribution in [1.82, 2.24) is 9.97 Å². The van der Waals surface area contributed by atoms with Crippen molar-refractivity contribution in [2.45, 2.75) is 0 Å². The molecule has 0 saturated heterocycles. The monoisotopic (exact) mass is 224 g/mol. The topological polar surface area (TPSA) is 25.8 Å². The van der Waals surface area contributed by atoms with Crippen molar-refractivity contribution in [2.24, 2.45) is 0 Å². The Morgan fingerprint density at radius 3 is 2.38 bits per heavy atom.